The van der Waals surface area contributed by atoms with E-state index in [9.17, 15) is 0 Å². The van der Waals surface area contributed by atoms with Gasteiger partial charge in [0.2, 0.25) is 5.95 Å². The van der Waals surface area contributed by atoms with Crippen LogP contribution in [0.4, 0.5) is 11.8 Å². The van der Waals surface area contributed by atoms with Gasteiger partial charge in [0.1, 0.15) is 5.82 Å². The second kappa shape index (κ2) is 11.0. The largest absolute Gasteiger partial charge is 0.351 e. The van der Waals surface area contributed by atoms with Gasteiger partial charge in [-0.25, -0.2) is 0 Å². The predicted octanol–water partition coefficient (Wildman–Crippen LogP) is 3.67. The van der Waals surface area contributed by atoms with Crippen LogP contribution in [-0.2, 0) is 13.0 Å². The summed E-state index contributed by atoms with van der Waals surface area (Å²) in [5, 5.41) is 8.73. The second-order valence-corrected chi connectivity index (χ2v) is 8.61. The summed E-state index contributed by atoms with van der Waals surface area (Å²) in [6.45, 7) is 15.3. The van der Waals surface area contributed by atoms with E-state index in [1.807, 2.05) is 13.0 Å². The predicted molar refractivity (Wildman–Crippen MR) is 140 cm³/mol. The first-order valence-corrected chi connectivity index (χ1v) is 11.8. The molecule has 5 rings (SSSR count). The lowest BCUT2D eigenvalue weighted by atomic mass is 10.1. The molecule has 1 saturated heterocycles. The third-order valence-corrected chi connectivity index (χ3v) is 6.21. The Morgan fingerprint density at radius 3 is 2.53 bits per heavy atom. The van der Waals surface area contributed by atoms with Crippen molar-refractivity contribution in [3.63, 3.8) is 0 Å². The fourth-order valence-corrected chi connectivity index (χ4v) is 4.42. The number of nitrogens with one attached hydrogen (secondary N) is 1. The molecule has 2 aliphatic heterocycles. The Balaban J connectivity index is 0.000000868. The van der Waals surface area contributed by atoms with E-state index in [1.54, 1.807) is 6.08 Å². The summed E-state index contributed by atoms with van der Waals surface area (Å²) in [6.07, 6.45) is 10.1. The monoisotopic (exact) mass is 455 g/mol. The smallest absolute Gasteiger partial charge is 0.229 e. The molecule has 1 fully saturated rings. The maximum Gasteiger partial charge on any atom is 0.229 e. The molecule has 34 heavy (non-hydrogen) atoms. The number of aromatic amines is 1. The maximum atomic E-state index is 5.59. The minimum Gasteiger partial charge on any atom is -0.351 e. The van der Waals surface area contributed by atoms with Crippen LogP contribution in [0.25, 0.3) is 11.0 Å². The van der Waals surface area contributed by atoms with Gasteiger partial charge in [-0.1, -0.05) is 48.4 Å². The number of H-pyrrole nitrogens is 1. The molecule has 0 spiro atoms. The number of anilines is 2. The highest BCUT2D eigenvalue weighted by Crippen LogP contribution is 2.33. The molecule has 1 aromatic carbocycles. The van der Waals surface area contributed by atoms with Gasteiger partial charge in [-0.2, -0.15) is 15.1 Å². The summed E-state index contributed by atoms with van der Waals surface area (Å²) >= 11 is 0. The van der Waals surface area contributed by atoms with Gasteiger partial charge >= 0.3 is 0 Å². The Kier molecular flexibility index (Phi) is 7.61. The maximum absolute atomic E-state index is 5.59. The van der Waals surface area contributed by atoms with Crippen LogP contribution in [0.2, 0.25) is 0 Å². The molecule has 0 saturated carbocycles. The first kappa shape index (κ1) is 23.5. The highest BCUT2D eigenvalue weighted by atomic mass is 15.4. The Bertz CT molecular complexity index is 1150. The van der Waals surface area contributed by atoms with Gasteiger partial charge in [0.15, 0.2) is 5.65 Å². The molecule has 2 aromatic heterocycles. The number of benzene rings is 1. The zero-order valence-corrected chi connectivity index (χ0v) is 20.0. The Morgan fingerprint density at radius 2 is 1.85 bits per heavy atom. The summed E-state index contributed by atoms with van der Waals surface area (Å²) in [5.74, 6) is 4.64. The third-order valence-electron chi connectivity index (χ3n) is 6.21. The lowest BCUT2D eigenvalue weighted by Gasteiger charge is -2.36. The SMILES string of the molecule is C#CC(C=C)CN1CCN(c2nc3c4c([nH]nc4n2)CCN3Cc2ccccc2)CC1.C=CC. The first-order chi connectivity index (χ1) is 16.7. The van der Waals surface area contributed by atoms with Gasteiger partial charge < -0.3 is 9.80 Å². The van der Waals surface area contributed by atoms with Crippen LogP contribution in [-0.4, -0.2) is 64.3 Å². The van der Waals surface area contributed by atoms with Crippen LogP contribution >= 0.6 is 0 Å². The van der Waals surface area contributed by atoms with E-state index in [2.05, 4.69) is 74.3 Å². The highest BCUT2D eigenvalue weighted by molar-refractivity contribution is 5.91. The minimum absolute atomic E-state index is 0.0950. The van der Waals surface area contributed by atoms with Crippen molar-refractivity contribution in [2.45, 2.75) is 19.9 Å². The number of hydrogen-bond donors (Lipinski definition) is 1. The fraction of sp³-hybridized carbons (Fsp3) is 0.370. The lowest BCUT2D eigenvalue weighted by molar-refractivity contribution is 0.247. The van der Waals surface area contributed by atoms with E-state index >= 15 is 0 Å². The molecule has 176 valence electrons. The van der Waals surface area contributed by atoms with Crippen molar-refractivity contribution in [2.24, 2.45) is 5.92 Å². The number of terminal acetylenes is 1. The number of piperazine rings is 1. The molecule has 0 radical (unpaired) electrons. The van der Waals surface area contributed by atoms with Crippen molar-refractivity contribution in [2.75, 3.05) is 49.1 Å². The van der Waals surface area contributed by atoms with E-state index < -0.39 is 0 Å². The molecule has 1 N–H and O–H groups in total. The molecule has 7 nitrogen and oxygen atoms in total. The van der Waals surface area contributed by atoms with Gasteiger partial charge in [0.25, 0.3) is 0 Å². The summed E-state index contributed by atoms with van der Waals surface area (Å²) < 4.78 is 0. The molecule has 0 aliphatic carbocycles. The van der Waals surface area contributed by atoms with Crippen LogP contribution in [0.3, 0.4) is 0 Å². The van der Waals surface area contributed by atoms with Gasteiger partial charge in [0, 0.05) is 52.2 Å². The summed E-state index contributed by atoms with van der Waals surface area (Å²) in [6, 6.07) is 10.5. The Morgan fingerprint density at radius 1 is 1.12 bits per heavy atom. The van der Waals surface area contributed by atoms with E-state index in [0.29, 0.717) is 0 Å². The molecule has 1 atom stereocenters. The van der Waals surface area contributed by atoms with E-state index in [-0.39, 0.29) is 5.92 Å². The number of aromatic nitrogens is 4. The van der Waals surface area contributed by atoms with Crippen LogP contribution in [0, 0.1) is 18.3 Å². The molecule has 4 heterocycles. The van der Waals surface area contributed by atoms with Gasteiger partial charge in [0.05, 0.1) is 17.0 Å². The van der Waals surface area contributed by atoms with Crippen LogP contribution in [0.1, 0.15) is 18.2 Å². The van der Waals surface area contributed by atoms with Crippen LogP contribution < -0.4 is 9.80 Å². The van der Waals surface area contributed by atoms with Gasteiger partial charge in [-0.15, -0.1) is 19.6 Å². The Labute approximate surface area is 202 Å². The van der Waals surface area contributed by atoms with E-state index in [1.165, 1.54) is 5.56 Å². The van der Waals surface area contributed by atoms with Crippen molar-refractivity contribution in [3.05, 3.63) is 66.9 Å². The zero-order chi connectivity index (χ0) is 23.9. The topological polar surface area (TPSA) is 64.2 Å². The van der Waals surface area contributed by atoms with Gasteiger partial charge in [-0.3, -0.25) is 10.00 Å². The Hall–Kier alpha value is -3.63. The fourth-order valence-electron chi connectivity index (χ4n) is 4.42. The third kappa shape index (κ3) is 5.13. The van der Waals surface area contributed by atoms with Crippen LogP contribution in [0.5, 0.6) is 0 Å². The van der Waals surface area contributed by atoms with E-state index in [4.69, 9.17) is 16.4 Å². The minimum atomic E-state index is 0.0950. The molecule has 1 unspecified atom stereocenters. The molecule has 7 heteroatoms. The van der Waals surface area contributed by atoms with Crippen molar-refractivity contribution >= 4 is 22.8 Å². The van der Waals surface area contributed by atoms with Crippen molar-refractivity contribution in [1.29, 1.82) is 0 Å². The highest BCUT2D eigenvalue weighted by Gasteiger charge is 2.27. The molecule has 2 aliphatic rings. The molecular formula is C27H33N7. The van der Waals surface area contributed by atoms with E-state index in [0.717, 1.165) is 80.7 Å². The first-order valence-electron chi connectivity index (χ1n) is 11.8. The van der Waals surface area contributed by atoms with Gasteiger partial charge in [-0.05, 0) is 12.5 Å². The average Bonchev–Trinajstić information content (AvgIpc) is 3.29. The number of hydrogen-bond acceptors (Lipinski definition) is 6. The second-order valence-electron chi connectivity index (χ2n) is 8.61. The van der Waals surface area contributed by atoms with Crippen LogP contribution in [0.15, 0.2) is 55.6 Å². The molecular weight excluding hydrogens is 422 g/mol. The molecule has 0 amide bonds. The number of rotatable bonds is 6. The van der Waals surface area contributed by atoms with Crippen molar-refractivity contribution < 1.29 is 0 Å². The zero-order valence-electron chi connectivity index (χ0n) is 20.0. The standard InChI is InChI=1S/C24H27N7.C3H6/c1-3-18(4-2)16-29-12-14-30(15-13-29)24-25-22-21-20(27-28-22)10-11-31(23(21)26-24)17-19-8-6-5-7-9-19;1-3-2/h1,4-9,18H,2,10-17H2,(H,25,26,27,28);3H,1H2,2H3. The quantitative estimate of drug-likeness (QED) is 0.452. The normalized spacial score (nSPS) is 16.4. The van der Waals surface area contributed by atoms with Crippen molar-refractivity contribution in [1.82, 2.24) is 25.1 Å². The summed E-state index contributed by atoms with van der Waals surface area (Å²) in [5.41, 5.74) is 3.17. The number of nitrogens with zero attached hydrogens (tertiary/aromatic N) is 6. The summed E-state index contributed by atoms with van der Waals surface area (Å²) in [4.78, 5) is 16.8. The molecule has 0 bridgehead atoms. The lowest BCUT2D eigenvalue weighted by Crippen LogP contribution is -2.48. The summed E-state index contributed by atoms with van der Waals surface area (Å²) in [7, 11) is 0. The molecule has 3 aromatic rings. The average molecular weight is 456 g/mol. The van der Waals surface area contributed by atoms with Crippen molar-refractivity contribution in [3.8, 4) is 12.3 Å². The number of allylic oxidation sites excluding steroid dienone is 1.